The van der Waals surface area contributed by atoms with Gasteiger partial charge >= 0.3 is 0 Å². The molecule has 0 bridgehead atoms. The third-order valence-electron chi connectivity index (χ3n) is 3.93. The number of aliphatic imine (C=N–C) groups is 1. The number of hydrogen-bond acceptors (Lipinski definition) is 7. The topological polar surface area (TPSA) is 106 Å². The van der Waals surface area contributed by atoms with E-state index in [-0.39, 0.29) is 10.9 Å². The number of amidine groups is 1. The Balaban J connectivity index is 1.81. The minimum absolute atomic E-state index is 0.130. The zero-order valence-corrected chi connectivity index (χ0v) is 14.7. The van der Waals surface area contributed by atoms with Crippen LogP contribution in [0.3, 0.4) is 0 Å². The van der Waals surface area contributed by atoms with E-state index in [0.717, 1.165) is 12.4 Å². The second kappa shape index (κ2) is 7.91. The number of thioether (sulfide) groups is 1. The molecule has 0 unspecified atom stereocenters. The van der Waals surface area contributed by atoms with Gasteiger partial charge in [-0.25, -0.2) is 23.1 Å². The van der Waals surface area contributed by atoms with E-state index >= 15 is 0 Å². The van der Waals surface area contributed by atoms with Crippen LogP contribution in [0.1, 0.15) is 34.7 Å². The quantitative estimate of drug-likeness (QED) is 0.805. The molecule has 0 radical (unpaired) electrons. The Morgan fingerprint density at radius 3 is 2.78 bits per heavy atom. The second-order valence-electron chi connectivity index (χ2n) is 5.72. The van der Waals surface area contributed by atoms with E-state index in [9.17, 15) is 18.0 Å². The Morgan fingerprint density at radius 1 is 1.33 bits per heavy atom. The monoisotopic (exact) mass is 396 g/mol. The van der Waals surface area contributed by atoms with Gasteiger partial charge in [-0.05, 0) is 18.6 Å². The fourth-order valence-electron chi connectivity index (χ4n) is 2.50. The highest BCUT2D eigenvalue weighted by molar-refractivity contribution is 8.13. The fraction of sp³-hybridized carbons (Fsp3) is 0.312. The van der Waals surface area contributed by atoms with Crippen LogP contribution in [0.2, 0.25) is 0 Å². The molecule has 7 nitrogen and oxygen atoms in total. The third-order valence-corrected chi connectivity index (χ3v) is 4.73. The molecule has 27 heavy (non-hydrogen) atoms. The van der Waals surface area contributed by atoms with E-state index in [2.05, 4.69) is 25.3 Å². The lowest BCUT2D eigenvalue weighted by atomic mass is 9.93. The lowest BCUT2D eigenvalue weighted by Crippen LogP contribution is -2.34. The van der Waals surface area contributed by atoms with Crippen LogP contribution in [0.5, 0.6) is 0 Å². The maximum atomic E-state index is 13.8. The summed E-state index contributed by atoms with van der Waals surface area (Å²) in [5.74, 6) is -0.0409. The molecule has 142 valence electrons. The summed E-state index contributed by atoms with van der Waals surface area (Å²) < 4.78 is 38.8. The van der Waals surface area contributed by atoms with Crippen LogP contribution < -0.4 is 11.1 Å². The standard InChI is InChI=1S/C16H15F3N6OS/c17-8-16(2-4-27-15(20)25-16)12-5-9(1-3-21-12)24-14(26)11-7-22-10(6-23-11)13(18)19/h1,3,5-7,13H,2,4,8H2,(H2,20,25)(H,21,24,26)/t16-/m1/s1. The molecule has 3 rings (SSSR count). The highest BCUT2D eigenvalue weighted by Crippen LogP contribution is 2.35. The first-order chi connectivity index (χ1) is 12.9. The minimum Gasteiger partial charge on any atom is -0.379 e. The van der Waals surface area contributed by atoms with E-state index in [4.69, 9.17) is 5.73 Å². The summed E-state index contributed by atoms with van der Waals surface area (Å²) in [5.41, 5.74) is 4.57. The number of amides is 1. The van der Waals surface area contributed by atoms with Crippen LogP contribution >= 0.6 is 11.8 Å². The van der Waals surface area contributed by atoms with Crippen molar-refractivity contribution in [3.63, 3.8) is 0 Å². The van der Waals surface area contributed by atoms with Gasteiger partial charge in [0.2, 0.25) is 0 Å². The Bertz CT molecular complexity index is 863. The van der Waals surface area contributed by atoms with Crippen molar-refractivity contribution in [1.82, 2.24) is 15.0 Å². The molecule has 2 aromatic heterocycles. The maximum absolute atomic E-state index is 13.8. The molecule has 0 spiro atoms. The summed E-state index contributed by atoms with van der Waals surface area (Å²) in [5, 5.41) is 2.84. The van der Waals surface area contributed by atoms with Crippen molar-refractivity contribution < 1.29 is 18.0 Å². The second-order valence-corrected chi connectivity index (χ2v) is 6.84. The number of rotatable bonds is 5. The molecule has 0 fully saturated rings. The number of halogens is 3. The average molecular weight is 396 g/mol. The predicted molar refractivity (Wildman–Crippen MR) is 95.5 cm³/mol. The maximum Gasteiger partial charge on any atom is 0.281 e. The molecule has 0 saturated heterocycles. The van der Waals surface area contributed by atoms with Crippen molar-refractivity contribution in [3.8, 4) is 0 Å². The lowest BCUT2D eigenvalue weighted by Gasteiger charge is -2.30. The van der Waals surface area contributed by atoms with Crippen molar-refractivity contribution in [3.05, 3.63) is 47.8 Å². The van der Waals surface area contributed by atoms with E-state index in [1.807, 2.05) is 0 Å². The Labute approximate surface area is 156 Å². The molecule has 0 saturated carbocycles. The first kappa shape index (κ1) is 19.1. The van der Waals surface area contributed by atoms with Crippen LogP contribution in [-0.4, -0.2) is 38.5 Å². The van der Waals surface area contributed by atoms with Crippen LogP contribution in [0, 0.1) is 0 Å². The number of hydrogen-bond donors (Lipinski definition) is 2. The average Bonchev–Trinajstić information content (AvgIpc) is 2.68. The van der Waals surface area contributed by atoms with Gasteiger partial charge in [-0.1, -0.05) is 11.8 Å². The molecular weight excluding hydrogens is 381 g/mol. The largest absolute Gasteiger partial charge is 0.379 e. The molecule has 3 heterocycles. The summed E-state index contributed by atoms with van der Waals surface area (Å²) in [6.45, 7) is -0.779. The molecule has 1 atom stereocenters. The van der Waals surface area contributed by atoms with Gasteiger partial charge in [-0.15, -0.1) is 0 Å². The molecule has 2 aromatic rings. The summed E-state index contributed by atoms with van der Waals surface area (Å²) in [7, 11) is 0. The summed E-state index contributed by atoms with van der Waals surface area (Å²) in [6, 6.07) is 3.02. The van der Waals surface area contributed by atoms with Gasteiger partial charge in [0.25, 0.3) is 12.3 Å². The van der Waals surface area contributed by atoms with E-state index < -0.39 is 30.2 Å². The smallest absolute Gasteiger partial charge is 0.281 e. The zero-order chi connectivity index (χ0) is 19.4. The molecular formula is C16H15F3N6OS. The van der Waals surface area contributed by atoms with Crippen LogP contribution in [-0.2, 0) is 5.54 Å². The number of carbonyl (C=O) groups is 1. The lowest BCUT2D eigenvalue weighted by molar-refractivity contribution is 0.102. The first-order valence-corrected chi connectivity index (χ1v) is 8.84. The highest BCUT2D eigenvalue weighted by Gasteiger charge is 2.36. The molecule has 0 aromatic carbocycles. The summed E-state index contributed by atoms with van der Waals surface area (Å²) in [6.07, 6.45) is 0.871. The number of nitrogens with one attached hydrogen (secondary N) is 1. The highest BCUT2D eigenvalue weighted by atomic mass is 32.2. The Kier molecular flexibility index (Phi) is 5.59. The SMILES string of the molecule is NC1=N[C@](CF)(c2cc(NC(=O)c3cnc(C(F)F)cn3)ccn2)CCS1. The number of anilines is 1. The number of carbonyl (C=O) groups excluding carboxylic acids is 1. The third kappa shape index (κ3) is 4.18. The summed E-state index contributed by atoms with van der Waals surface area (Å²) in [4.78, 5) is 27.8. The van der Waals surface area contributed by atoms with Crippen molar-refractivity contribution >= 4 is 28.5 Å². The van der Waals surface area contributed by atoms with Gasteiger partial charge in [-0.2, -0.15) is 0 Å². The Morgan fingerprint density at radius 2 is 2.15 bits per heavy atom. The van der Waals surface area contributed by atoms with Crippen LogP contribution in [0.4, 0.5) is 18.9 Å². The van der Waals surface area contributed by atoms with Gasteiger partial charge in [0.15, 0.2) is 5.17 Å². The molecule has 1 aliphatic heterocycles. The molecule has 1 aliphatic rings. The molecule has 3 N–H and O–H groups in total. The van der Waals surface area contributed by atoms with E-state index in [1.54, 1.807) is 0 Å². The van der Waals surface area contributed by atoms with Crippen molar-refractivity contribution in [2.75, 3.05) is 17.7 Å². The Hall–Kier alpha value is -2.69. The van der Waals surface area contributed by atoms with Gasteiger partial charge in [0.05, 0.1) is 18.1 Å². The van der Waals surface area contributed by atoms with Crippen molar-refractivity contribution in [2.24, 2.45) is 10.7 Å². The number of aromatic nitrogens is 3. The fourth-order valence-corrected chi connectivity index (χ4v) is 3.39. The molecule has 1 amide bonds. The number of alkyl halides is 3. The molecule has 11 heteroatoms. The minimum atomic E-state index is -2.77. The van der Waals surface area contributed by atoms with Gasteiger partial charge in [0, 0.05) is 17.6 Å². The van der Waals surface area contributed by atoms with Crippen LogP contribution in [0.25, 0.3) is 0 Å². The molecule has 0 aliphatic carbocycles. The first-order valence-electron chi connectivity index (χ1n) is 7.85. The number of nitrogens with two attached hydrogens (primary N) is 1. The normalized spacial score (nSPS) is 19.6. The predicted octanol–water partition coefficient (Wildman–Crippen LogP) is 2.68. The van der Waals surface area contributed by atoms with Gasteiger partial charge in [-0.3, -0.25) is 14.8 Å². The van der Waals surface area contributed by atoms with Crippen molar-refractivity contribution in [2.45, 2.75) is 18.4 Å². The zero-order valence-electron chi connectivity index (χ0n) is 13.9. The van der Waals surface area contributed by atoms with Gasteiger partial charge < -0.3 is 11.1 Å². The van der Waals surface area contributed by atoms with Crippen LogP contribution in [0.15, 0.2) is 35.7 Å². The van der Waals surface area contributed by atoms with Gasteiger partial charge in [0.1, 0.15) is 23.6 Å². The number of nitrogens with zero attached hydrogens (tertiary/aromatic N) is 4. The van der Waals surface area contributed by atoms with E-state index in [1.165, 1.54) is 30.1 Å². The number of pyridine rings is 1. The summed E-state index contributed by atoms with van der Waals surface area (Å²) >= 11 is 1.34. The van der Waals surface area contributed by atoms with Crippen molar-refractivity contribution in [1.29, 1.82) is 0 Å². The van der Waals surface area contributed by atoms with E-state index in [0.29, 0.717) is 23.6 Å².